The van der Waals surface area contributed by atoms with Crippen LogP contribution in [0.5, 0.6) is 11.5 Å². The molecule has 0 aliphatic carbocycles. The minimum Gasteiger partial charge on any atom is -0.872 e. The molecule has 0 aromatic heterocycles. The van der Waals surface area contributed by atoms with Gasteiger partial charge in [0.05, 0.1) is 16.7 Å². The van der Waals surface area contributed by atoms with E-state index in [-0.39, 0.29) is 17.9 Å². The summed E-state index contributed by atoms with van der Waals surface area (Å²) in [4.78, 5) is 21.8. The normalized spacial score (nSPS) is 10.5. The number of nitrogens with one attached hydrogen (secondary N) is 1. The fourth-order valence-electron chi connectivity index (χ4n) is 1.69. The first kappa shape index (κ1) is 17.2. The van der Waals surface area contributed by atoms with Crippen LogP contribution < -0.4 is 15.3 Å². The van der Waals surface area contributed by atoms with Crippen LogP contribution in [0.25, 0.3) is 0 Å². The van der Waals surface area contributed by atoms with E-state index in [4.69, 9.17) is 16.3 Å². The Bertz CT molecular complexity index is 777. The number of hydrogen-bond donors (Lipinski definition) is 1. The van der Waals surface area contributed by atoms with Crippen LogP contribution in [0.4, 0.5) is 5.69 Å². The molecule has 0 saturated carbocycles. The molecular weight excluding hydrogens is 338 g/mol. The first-order valence-electron chi connectivity index (χ1n) is 6.61. The van der Waals surface area contributed by atoms with Crippen molar-refractivity contribution in [1.82, 2.24) is 5.43 Å². The first-order valence-corrected chi connectivity index (χ1v) is 6.99. The molecule has 2 aromatic carbocycles. The summed E-state index contributed by atoms with van der Waals surface area (Å²) in [5.41, 5.74) is 1.86. The molecule has 0 bridgehead atoms. The van der Waals surface area contributed by atoms with E-state index in [2.05, 4.69) is 10.5 Å². The summed E-state index contributed by atoms with van der Waals surface area (Å²) in [6.07, 6.45) is 1.03. The molecule has 8 nitrogen and oxygen atoms in total. The number of nitro benzene ring substituents is 1. The Labute approximate surface area is 141 Å². The number of hydrazone groups is 1. The van der Waals surface area contributed by atoms with E-state index >= 15 is 0 Å². The van der Waals surface area contributed by atoms with E-state index in [1.807, 2.05) is 0 Å². The number of nitro groups is 1. The maximum Gasteiger partial charge on any atom is 0.278 e. The summed E-state index contributed by atoms with van der Waals surface area (Å²) in [6, 6.07) is 9.63. The van der Waals surface area contributed by atoms with Crippen LogP contribution in [0.3, 0.4) is 0 Å². The van der Waals surface area contributed by atoms with E-state index < -0.39 is 16.6 Å². The highest BCUT2D eigenvalue weighted by Crippen LogP contribution is 2.20. The summed E-state index contributed by atoms with van der Waals surface area (Å²) in [7, 11) is 0. The van der Waals surface area contributed by atoms with Gasteiger partial charge in [0.25, 0.3) is 11.6 Å². The molecule has 0 atom stereocenters. The Morgan fingerprint density at radius 2 is 2.00 bits per heavy atom. The van der Waals surface area contributed by atoms with E-state index in [9.17, 15) is 20.0 Å². The zero-order chi connectivity index (χ0) is 17.5. The van der Waals surface area contributed by atoms with Gasteiger partial charge in [-0.05, 0) is 24.3 Å². The number of halogens is 1. The molecule has 24 heavy (non-hydrogen) atoms. The van der Waals surface area contributed by atoms with Crippen LogP contribution in [0.15, 0.2) is 47.6 Å². The van der Waals surface area contributed by atoms with Crippen LogP contribution in [-0.4, -0.2) is 23.7 Å². The van der Waals surface area contributed by atoms with E-state index in [0.29, 0.717) is 10.8 Å². The van der Waals surface area contributed by atoms with Gasteiger partial charge in [0.1, 0.15) is 5.75 Å². The number of carbonyl (C=O) groups excluding carboxylic acids is 1. The Morgan fingerprint density at radius 1 is 1.29 bits per heavy atom. The molecule has 0 radical (unpaired) electrons. The average molecular weight is 349 g/mol. The number of rotatable bonds is 6. The fourth-order valence-corrected chi connectivity index (χ4v) is 1.81. The average Bonchev–Trinajstić information content (AvgIpc) is 2.54. The Hall–Kier alpha value is -3.13. The van der Waals surface area contributed by atoms with Crippen LogP contribution in [-0.2, 0) is 4.79 Å². The Morgan fingerprint density at radius 3 is 2.67 bits per heavy atom. The molecular formula is C15H11ClN3O5-. The van der Waals surface area contributed by atoms with Crippen molar-refractivity contribution in [3.63, 3.8) is 0 Å². The third kappa shape index (κ3) is 4.96. The Balaban J connectivity index is 1.91. The topological polar surface area (TPSA) is 117 Å². The van der Waals surface area contributed by atoms with Gasteiger partial charge in [-0.15, -0.1) is 5.75 Å². The molecule has 0 spiro atoms. The smallest absolute Gasteiger partial charge is 0.278 e. The molecule has 0 aliphatic heterocycles. The summed E-state index contributed by atoms with van der Waals surface area (Å²) in [5, 5.41) is 26.2. The second kappa shape index (κ2) is 7.93. The van der Waals surface area contributed by atoms with Crippen molar-refractivity contribution in [2.75, 3.05) is 6.61 Å². The second-order valence-corrected chi connectivity index (χ2v) is 4.95. The maximum atomic E-state index is 11.6. The highest BCUT2D eigenvalue weighted by molar-refractivity contribution is 6.30. The van der Waals surface area contributed by atoms with Gasteiger partial charge in [-0.1, -0.05) is 23.7 Å². The molecule has 1 amide bonds. The molecule has 124 valence electrons. The summed E-state index contributed by atoms with van der Waals surface area (Å²) >= 11 is 5.72. The lowest BCUT2D eigenvalue weighted by Gasteiger charge is -2.06. The summed E-state index contributed by atoms with van der Waals surface area (Å²) in [6.45, 7) is -0.303. The largest absolute Gasteiger partial charge is 0.872 e. The van der Waals surface area contributed by atoms with Crippen molar-refractivity contribution in [3.05, 3.63) is 63.2 Å². The monoisotopic (exact) mass is 348 g/mol. The number of benzene rings is 2. The van der Waals surface area contributed by atoms with Gasteiger partial charge < -0.3 is 9.84 Å². The van der Waals surface area contributed by atoms with Crippen LogP contribution >= 0.6 is 11.6 Å². The van der Waals surface area contributed by atoms with Crippen LogP contribution in [0.2, 0.25) is 5.02 Å². The predicted octanol–water partition coefficient (Wildman–Crippen LogP) is 1.85. The van der Waals surface area contributed by atoms with Crippen molar-refractivity contribution >= 4 is 29.4 Å². The lowest BCUT2D eigenvalue weighted by molar-refractivity contribution is -0.385. The van der Waals surface area contributed by atoms with Gasteiger partial charge in [0, 0.05) is 11.1 Å². The maximum absolute atomic E-state index is 11.6. The number of carbonyl (C=O) groups is 1. The standard InChI is InChI=1S/C15H12ClN3O5/c16-11-1-4-13(5-2-11)24-9-15(21)18-17-8-10-7-12(20)3-6-14(10)19(22)23/h1-8,20H,9H2,(H,18,21)/p-1/b17-8-. The number of hydrogen-bond acceptors (Lipinski definition) is 6. The molecule has 2 rings (SSSR count). The molecule has 0 fully saturated rings. The molecule has 0 aliphatic rings. The lowest BCUT2D eigenvalue weighted by atomic mass is 10.2. The third-order valence-electron chi connectivity index (χ3n) is 2.77. The minimum atomic E-state index is -0.647. The molecule has 9 heteroatoms. The highest BCUT2D eigenvalue weighted by Gasteiger charge is 2.10. The lowest BCUT2D eigenvalue weighted by Crippen LogP contribution is -2.24. The van der Waals surface area contributed by atoms with Crippen molar-refractivity contribution < 1.29 is 19.6 Å². The van der Waals surface area contributed by atoms with E-state index in [1.165, 1.54) is 0 Å². The quantitative estimate of drug-likeness (QED) is 0.485. The van der Waals surface area contributed by atoms with Gasteiger partial charge in [0.15, 0.2) is 6.61 Å². The zero-order valence-electron chi connectivity index (χ0n) is 12.1. The number of nitrogens with zero attached hydrogens (tertiary/aromatic N) is 2. The Kier molecular flexibility index (Phi) is 5.69. The summed E-state index contributed by atoms with van der Waals surface area (Å²) < 4.78 is 5.20. The number of amides is 1. The van der Waals surface area contributed by atoms with Gasteiger partial charge in [-0.3, -0.25) is 14.9 Å². The molecule has 1 N–H and O–H groups in total. The first-order chi connectivity index (χ1) is 11.5. The van der Waals surface area contributed by atoms with Crippen molar-refractivity contribution in [2.24, 2.45) is 5.10 Å². The van der Waals surface area contributed by atoms with Gasteiger partial charge in [0.2, 0.25) is 0 Å². The van der Waals surface area contributed by atoms with Crippen LogP contribution in [0.1, 0.15) is 5.56 Å². The van der Waals surface area contributed by atoms with Crippen molar-refractivity contribution in [2.45, 2.75) is 0 Å². The van der Waals surface area contributed by atoms with E-state index in [0.717, 1.165) is 24.4 Å². The second-order valence-electron chi connectivity index (χ2n) is 4.51. The molecule has 0 unspecified atom stereocenters. The van der Waals surface area contributed by atoms with Crippen molar-refractivity contribution in [1.29, 1.82) is 0 Å². The molecule has 0 heterocycles. The van der Waals surface area contributed by atoms with Crippen molar-refractivity contribution in [3.8, 4) is 11.5 Å². The van der Waals surface area contributed by atoms with E-state index in [1.54, 1.807) is 24.3 Å². The zero-order valence-corrected chi connectivity index (χ0v) is 12.9. The van der Waals surface area contributed by atoms with Gasteiger partial charge in [-0.25, -0.2) is 5.43 Å². The van der Waals surface area contributed by atoms with Gasteiger partial charge in [-0.2, -0.15) is 5.10 Å². The van der Waals surface area contributed by atoms with Crippen LogP contribution in [0, 0.1) is 10.1 Å². The highest BCUT2D eigenvalue weighted by atomic mass is 35.5. The molecule has 2 aromatic rings. The third-order valence-corrected chi connectivity index (χ3v) is 3.02. The summed E-state index contributed by atoms with van der Waals surface area (Å²) in [5.74, 6) is -0.519. The van der Waals surface area contributed by atoms with Gasteiger partial charge >= 0.3 is 0 Å². The predicted molar refractivity (Wildman–Crippen MR) is 85.2 cm³/mol. The molecule has 0 saturated heterocycles. The minimum absolute atomic E-state index is 0.00794. The SMILES string of the molecule is O=C(COc1ccc(Cl)cc1)N/N=C\c1cc([O-])ccc1[N+](=O)[O-]. The number of ether oxygens (including phenoxy) is 1. The fraction of sp³-hybridized carbons (Fsp3) is 0.0667.